The van der Waals surface area contributed by atoms with Crippen LogP contribution >= 0.6 is 18.5 Å². The smallest absolute Gasteiger partial charge is 0.0543 e. The first-order valence-electron chi connectivity index (χ1n) is 4.82. The van der Waals surface area contributed by atoms with Crippen LogP contribution < -0.4 is 10.6 Å². The van der Waals surface area contributed by atoms with Gasteiger partial charge in [0.1, 0.15) is 0 Å². The highest BCUT2D eigenvalue weighted by Crippen LogP contribution is 2.24. The molecule has 0 bridgehead atoms. The van der Waals surface area contributed by atoms with Crippen molar-refractivity contribution in [1.82, 2.24) is 4.98 Å². The predicted octanol–water partition coefficient (Wildman–Crippen LogP) is 2.32. The molecule has 2 aromatic carbocycles. The van der Waals surface area contributed by atoms with Gasteiger partial charge in [-0.15, -0.1) is 18.5 Å². The van der Waals surface area contributed by atoms with E-state index in [2.05, 4.69) is 59.9 Å². The molecule has 1 aromatic heterocycles. The van der Waals surface area contributed by atoms with Gasteiger partial charge in [0.2, 0.25) is 0 Å². The molecule has 0 fully saturated rings. The normalized spacial score (nSPS) is 11.3. The third-order valence-corrected chi connectivity index (χ3v) is 4.21. The summed E-state index contributed by atoms with van der Waals surface area (Å²) in [6.45, 7) is 0. The molecule has 2 unspecified atom stereocenters. The molecule has 15 heavy (non-hydrogen) atoms. The van der Waals surface area contributed by atoms with Crippen LogP contribution in [-0.4, -0.2) is 4.98 Å². The van der Waals surface area contributed by atoms with Gasteiger partial charge in [-0.05, 0) is 11.4 Å². The van der Waals surface area contributed by atoms with Crippen LogP contribution in [0.5, 0.6) is 0 Å². The molecule has 74 valence electrons. The summed E-state index contributed by atoms with van der Waals surface area (Å²) in [5.41, 5.74) is 2.42. The second-order valence-corrected chi connectivity index (χ2v) is 4.86. The SMILES string of the molecule is Pc1ccc2c([nH]c3ccccc32)c1P. The molecule has 3 aromatic rings. The molecule has 0 saturated heterocycles. The molecule has 0 aliphatic heterocycles. The van der Waals surface area contributed by atoms with E-state index in [1.807, 2.05) is 0 Å². The van der Waals surface area contributed by atoms with Gasteiger partial charge in [-0.25, -0.2) is 0 Å². The fourth-order valence-electron chi connectivity index (χ4n) is 1.96. The molecular weight excluding hydrogens is 220 g/mol. The van der Waals surface area contributed by atoms with Crippen LogP contribution in [0.3, 0.4) is 0 Å². The van der Waals surface area contributed by atoms with Crippen molar-refractivity contribution in [2.24, 2.45) is 0 Å². The van der Waals surface area contributed by atoms with Gasteiger partial charge >= 0.3 is 0 Å². The van der Waals surface area contributed by atoms with Crippen molar-refractivity contribution < 1.29 is 0 Å². The van der Waals surface area contributed by atoms with Crippen molar-refractivity contribution in [3.63, 3.8) is 0 Å². The van der Waals surface area contributed by atoms with E-state index in [0.717, 1.165) is 0 Å². The highest BCUT2D eigenvalue weighted by Gasteiger charge is 2.06. The number of hydrogen-bond acceptors (Lipinski definition) is 0. The summed E-state index contributed by atoms with van der Waals surface area (Å²) in [6.07, 6.45) is 0. The lowest BCUT2D eigenvalue weighted by Crippen LogP contribution is -2.11. The van der Waals surface area contributed by atoms with E-state index in [1.54, 1.807) is 0 Å². The van der Waals surface area contributed by atoms with Crippen LogP contribution in [0.4, 0.5) is 0 Å². The van der Waals surface area contributed by atoms with E-state index in [4.69, 9.17) is 0 Å². The summed E-state index contributed by atoms with van der Waals surface area (Å²) in [7, 11) is 5.55. The second-order valence-electron chi connectivity index (χ2n) is 3.66. The summed E-state index contributed by atoms with van der Waals surface area (Å²) in [5.74, 6) is 0. The number of para-hydroxylation sites is 1. The number of hydrogen-bond donors (Lipinski definition) is 1. The average molecular weight is 231 g/mol. The molecule has 1 heterocycles. The Balaban J connectivity index is 2.60. The van der Waals surface area contributed by atoms with Gasteiger partial charge in [-0.1, -0.05) is 30.3 Å². The Morgan fingerprint density at radius 2 is 1.67 bits per heavy atom. The highest BCUT2D eigenvalue weighted by molar-refractivity contribution is 7.36. The van der Waals surface area contributed by atoms with E-state index in [1.165, 1.54) is 32.4 Å². The van der Waals surface area contributed by atoms with Gasteiger partial charge in [0.25, 0.3) is 0 Å². The van der Waals surface area contributed by atoms with Crippen molar-refractivity contribution >= 4 is 50.9 Å². The van der Waals surface area contributed by atoms with Crippen molar-refractivity contribution in [3.05, 3.63) is 36.4 Å². The van der Waals surface area contributed by atoms with Gasteiger partial charge in [0.15, 0.2) is 0 Å². The number of aromatic amines is 1. The zero-order valence-corrected chi connectivity index (χ0v) is 10.4. The molecule has 0 radical (unpaired) electrons. The second kappa shape index (κ2) is 3.30. The van der Waals surface area contributed by atoms with Crippen molar-refractivity contribution in [1.29, 1.82) is 0 Å². The predicted molar refractivity (Wildman–Crippen MR) is 74.5 cm³/mol. The summed E-state index contributed by atoms with van der Waals surface area (Å²) >= 11 is 0. The molecule has 0 spiro atoms. The van der Waals surface area contributed by atoms with Crippen LogP contribution in [0, 0.1) is 0 Å². The molecule has 0 amide bonds. The summed E-state index contributed by atoms with van der Waals surface area (Å²) in [6, 6.07) is 12.7. The number of benzene rings is 2. The molecule has 3 rings (SSSR count). The minimum Gasteiger partial charge on any atom is -0.354 e. The first-order valence-corrected chi connectivity index (χ1v) is 5.97. The fraction of sp³-hybridized carbons (Fsp3) is 0. The summed E-state index contributed by atoms with van der Waals surface area (Å²) in [5, 5.41) is 5.04. The van der Waals surface area contributed by atoms with E-state index >= 15 is 0 Å². The molecule has 0 saturated carbocycles. The maximum absolute atomic E-state index is 3.45. The number of fused-ring (bicyclic) bond motifs is 3. The highest BCUT2D eigenvalue weighted by atomic mass is 31.0. The Morgan fingerprint density at radius 1 is 0.867 bits per heavy atom. The van der Waals surface area contributed by atoms with Gasteiger partial charge in [0, 0.05) is 21.6 Å². The van der Waals surface area contributed by atoms with E-state index < -0.39 is 0 Å². The lowest BCUT2D eigenvalue weighted by Gasteiger charge is -1.99. The van der Waals surface area contributed by atoms with Crippen molar-refractivity contribution in [3.8, 4) is 0 Å². The van der Waals surface area contributed by atoms with Crippen LogP contribution in [0.2, 0.25) is 0 Å². The number of aromatic nitrogens is 1. The van der Waals surface area contributed by atoms with Crippen LogP contribution in [0.15, 0.2) is 36.4 Å². The Labute approximate surface area is 92.7 Å². The van der Waals surface area contributed by atoms with E-state index in [9.17, 15) is 0 Å². The largest absolute Gasteiger partial charge is 0.354 e. The zero-order valence-electron chi connectivity index (χ0n) is 8.12. The van der Waals surface area contributed by atoms with E-state index in [-0.39, 0.29) is 0 Å². The third kappa shape index (κ3) is 1.31. The maximum Gasteiger partial charge on any atom is 0.0543 e. The Hall–Kier alpha value is -0.900. The molecular formula is C12H11NP2. The molecule has 1 N–H and O–H groups in total. The topological polar surface area (TPSA) is 15.8 Å². The van der Waals surface area contributed by atoms with Gasteiger partial charge in [-0.2, -0.15) is 0 Å². The number of nitrogens with one attached hydrogen (secondary N) is 1. The van der Waals surface area contributed by atoms with Gasteiger partial charge in [-0.3, -0.25) is 0 Å². The van der Waals surface area contributed by atoms with Crippen LogP contribution in [0.1, 0.15) is 0 Å². The minimum atomic E-state index is 1.20. The molecule has 3 heteroatoms. The third-order valence-electron chi connectivity index (χ3n) is 2.76. The molecule has 1 nitrogen and oxygen atoms in total. The first-order chi connectivity index (χ1) is 7.27. The minimum absolute atomic E-state index is 1.20. The monoisotopic (exact) mass is 231 g/mol. The van der Waals surface area contributed by atoms with Crippen LogP contribution in [0.25, 0.3) is 21.8 Å². The Morgan fingerprint density at radius 3 is 2.53 bits per heavy atom. The Bertz CT molecular complexity index is 655. The Kier molecular flexibility index (Phi) is 2.06. The van der Waals surface area contributed by atoms with Crippen molar-refractivity contribution in [2.75, 3.05) is 0 Å². The standard InChI is InChI=1S/C12H11NP2/c14-10-6-5-8-7-3-1-2-4-9(7)13-11(8)12(10)15/h1-6,13H,14-15H2. The lowest BCUT2D eigenvalue weighted by atomic mass is 10.1. The van der Waals surface area contributed by atoms with Crippen LogP contribution in [-0.2, 0) is 0 Å². The first kappa shape index (κ1) is 9.33. The number of H-pyrrole nitrogens is 1. The molecule has 0 aliphatic carbocycles. The van der Waals surface area contributed by atoms with Gasteiger partial charge in [0.05, 0.1) is 5.52 Å². The van der Waals surface area contributed by atoms with Gasteiger partial charge < -0.3 is 4.98 Å². The van der Waals surface area contributed by atoms with E-state index in [0.29, 0.717) is 0 Å². The fourth-order valence-corrected chi connectivity index (χ4v) is 2.52. The summed E-state index contributed by atoms with van der Waals surface area (Å²) < 4.78 is 0. The average Bonchev–Trinajstić information content (AvgIpc) is 2.63. The zero-order chi connectivity index (χ0) is 10.4. The molecule has 0 aliphatic rings. The molecule has 2 atom stereocenters. The van der Waals surface area contributed by atoms with Crippen molar-refractivity contribution in [2.45, 2.75) is 0 Å². The quantitative estimate of drug-likeness (QED) is 0.571. The summed E-state index contributed by atoms with van der Waals surface area (Å²) in [4.78, 5) is 3.45. The lowest BCUT2D eigenvalue weighted by molar-refractivity contribution is 1.56. The number of rotatable bonds is 0. The maximum atomic E-state index is 3.45.